The Kier molecular flexibility index (Phi) is 2.45. The van der Waals surface area contributed by atoms with Gasteiger partial charge < -0.3 is 14.2 Å². The minimum Gasteiger partial charge on any atom is -0.484 e. The summed E-state index contributed by atoms with van der Waals surface area (Å²) in [5, 5.41) is 0. The third kappa shape index (κ3) is 1.66. The number of hydrogen-bond acceptors (Lipinski definition) is 4. The molecule has 0 amide bonds. The van der Waals surface area contributed by atoms with Gasteiger partial charge in [-0.15, -0.1) is 0 Å². The van der Waals surface area contributed by atoms with Crippen LogP contribution in [-0.4, -0.2) is 23.8 Å². The lowest BCUT2D eigenvalue weighted by molar-refractivity contribution is 0.0241. The van der Waals surface area contributed by atoms with Crippen molar-refractivity contribution < 1.29 is 19.0 Å². The molecule has 1 fully saturated rings. The number of carbonyl (C=O) groups excluding carboxylic acids is 1. The van der Waals surface area contributed by atoms with Crippen LogP contribution >= 0.6 is 0 Å². The van der Waals surface area contributed by atoms with Crippen molar-refractivity contribution in [3.63, 3.8) is 0 Å². The highest BCUT2D eigenvalue weighted by Gasteiger charge is 2.67. The molecule has 19 heavy (non-hydrogen) atoms. The maximum Gasteiger partial charge on any atom is 0.338 e. The molecule has 2 aliphatic rings. The van der Waals surface area contributed by atoms with Crippen molar-refractivity contribution in [2.75, 3.05) is 6.61 Å². The predicted octanol–water partition coefficient (Wildman–Crippen LogP) is 2.86. The minimum absolute atomic E-state index is 0.000580. The van der Waals surface area contributed by atoms with Crippen LogP contribution in [0.1, 0.15) is 49.7 Å². The van der Waals surface area contributed by atoms with E-state index in [-0.39, 0.29) is 23.3 Å². The summed E-state index contributed by atoms with van der Waals surface area (Å²) >= 11 is 0. The molecule has 102 valence electrons. The third-order valence-corrected chi connectivity index (χ3v) is 4.17. The summed E-state index contributed by atoms with van der Waals surface area (Å²) in [7, 11) is 0. The molecule has 2 aliphatic heterocycles. The molecule has 3 rings (SSSR count). The Labute approximate surface area is 112 Å². The van der Waals surface area contributed by atoms with E-state index in [4.69, 9.17) is 14.2 Å². The van der Waals surface area contributed by atoms with Crippen molar-refractivity contribution in [3.05, 3.63) is 29.3 Å². The summed E-state index contributed by atoms with van der Waals surface area (Å²) in [5.41, 5.74) is 0.803. The average molecular weight is 262 g/mol. The number of esters is 1. The van der Waals surface area contributed by atoms with Crippen LogP contribution in [0.3, 0.4) is 0 Å². The molecular weight excluding hydrogens is 244 g/mol. The van der Waals surface area contributed by atoms with Crippen molar-refractivity contribution in [2.24, 2.45) is 0 Å². The Morgan fingerprint density at radius 3 is 2.79 bits per heavy atom. The largest absolute Gasteiger partial charge is 0.484 e. The fourth-order valence-corrected chi connectivity index (χ4v) is 2.59. The monoisotopic (exact) mass is 262 g/mol. The Morgan fingerprint density at radius 2 is 2.11 bits per heavy atom. The van der Waals surface area contributed by atoms with E-state index in [1.807, 2.05) is 32.9 Å². The number of hydrogen-bond donors (Lipinski definition) is 0. The normalized spacial score (nSPS) is 29.8. The molecule has 1 aromatic rings. The van der Waals surface area contributed by atoms with Gasteiger partial charge in [0.15, 0.2) is 0 Å². The number of benzene rings is 1. The summed E-state index contributed by atoms with van der Waals surface area (Å²) in [6.45, 7) is 8.25. The standard InChI is InChI=1S/C15H18O4/c1-5-17-13(16)9-6-7-11-10(8-9)12-15(4,19-12)14(2,3)18-11/h6-8,12H,5H2,1-4H3. The smallest absolute Gasteiger partial charge is 0.338 e. The molecule has 0 spiro atoms. The van der Waals surface area contributed by atoms with Gasteiger partial charge >= 0.3 is 5.97 Å². The lowest BCUT2D eigenvalue weighted by Crippen LogP contribution is -2.45. The SMILES string of the molecule is CCOC(=O)c1ccc2c(c1)C1OC1(C)C(C)(C)O2. The van der Waals surface area contributed by atoms with Gasteiger partial charge in [-0.3, -0.25) is 0 Å². The highest BCUT2D eigenvalue weighted by atomic mass is 16.7. The zero-order valence-electron chi connectivity index (χ0n) is 11.6. The lowest BCUT2D eigenvalue weighted by atomic mass is 9.83. The van der Waals surface area contributed by atoms with Crippen LogP contribution in [0.4, 0.5) is 0 Å². The van der Waals surface area contributed by atoms with Gasteiger partial charge in [-0.25, -0.2) is 4.79 Å². The van der Waals surface area contributed by atoms with Crippen LogP contribution in [0.25, 0.3) is 0 Å². The zero-order chi connectivity index (χ0) is 13.8. The van der Waals surface area contributed by atoms with Gasteiger partial charge in [0.2, 0.25) is 0 Å². The molecule has 2 heterocycles. The van der Waals surface area contributed by atoms with Crippen LogP contribution < -0.4 is 4.74 Å². The van der Waals surface area contributed by atoms with Gasteiger partial charge in [0, 0.05) is 5.56 Å². The first-order valence-corrected chi connectivity index (χ1v) is 6.57. The second-order valence-corrected chi connectivity index (χ2v) is 5.69. The molecule has 2 atom stereocenters. The maximum absolute atomic E-state index is 11.8. The quantitative estimate of drug-likeness (QED) is 0.607. The molecule has 0 radical (unpaired) electrons. The highest BCUT2D eigenvalue weighted by molar-refractivity contribution is 5.90. The summed E-state index contributed by atoms with van der Waals surface area (Å²) in [6.07, 6.45) is 0.000580. The summed E-state index contributed by atoms with van der Waals surface area (Å²) in [4.78, 5) is 11.8. The fraction of sp³-hybridized carbons (Fsp3) is 0.533. The van der Waals surface area contributed by atoms with Gasteiger partial charge in [0.05, 0.1) is 12.2 Å². The van der Waals surface area contributed by atoms with E-state index in [0.717, 1.165) is 11.3 Å². The second-order valence-electron chi connectivity index (χ2n) is 5.69. The lowest BCUT2D eigenvalue weighted by Gasteiger charge is -2.35. The summed E-state index contributed by atoms with van der Waals surface area (Å²) in [6, 6.07) is 5.38. The first-order chi connectivity index (χ1) is 8.89. The molecule has 4 heteroatoms. The Morgan fingerprint density at radius 1 is 1.37 bits per heavy atom. The molecule has 1 aromatic carbocycles. The minimum atomic E-state index is -0.365. The van der Waals surface area contributed by atoms with Gasteiger partial charge in [0.1, 0.15) is 23.1 Å². The molecule has 1 saturated heterocycles. The van der Waals surface area contributed by atoms with Crippen LogP contribution in [0.15, 0.2) is 18.2 Å². The Balaban J connectivity index is 1.98. The molecule has 0 aliphatic carbocycles. The first kappa shape index (κ1) is 12.5. The van der Waals surface area contributed by atoms with Crippen LogP contribution in [-0.2, 0) is 9.47 Å². The Bertz CT molecular complexity index is 549. The molecule has 2 unspecified atom stereocenters. The number of carbonyl (C=O) groups is 1. The van der Waals surface area contributed by atoms with Gasteiger partial charge in [-0.05, 0) is 45.9 Å². The summed E-state index contributed by atoms with van der Waals surface area (Å²) < 4.78 is 16.8. The second kappa shape index (κ2) is 3.73. The van der Waals surface area contributed by atoms with Crippen molar-refractivity contribution in [3.8, 4) is 5.75 Å². The fourth-order valence-electron chi connectivity index (χ4n) is 2.59. The molecule has 0 saturated carbocycles. The summed E-state index contributed by atoms with van der Waals surface area (Å²) in [5.74, 6) is 0.482. The van der Waals surface area contributed by atoms with Gasteiger partial charge in [-0.1, -0.05) is 0 Å². The first-order valence-electron chi connectivity index (χ1n) is 6.57. The highest BCUT2D eigenvalue weighted by Crippen LogP contribution is 2.62. The van der Waals surface area contributed by atoms with E-state index in [1.165, 1.54) is 0 Å². The Hall–Kier alpha value is -1.55. The number of epoxide rings is 1. The van der Waals surface area contributed by atoms with Crippen LogP contribution in [0.2, 0.25) is 0 Å². The van der Waals surface area contributed by atoms with Gasteiger partial charge in [0.25, 0.3) is 0 Å². The average Bonchev–Trinajstić information content (AvgIpc) is 3.04. The van der Waals surface area contributed by atoms with Crippen molar-refractivity contribution in [2.45, 2.75) is 45.0 Å². The van der Waals surface area contributed by atoms with Gasteiger partial charge in [-0.2, -0.15) is 0 Å². The number of rotatable bonds is 2. The zero-order valence-corrected chi connectivity index (χ0v) is 11.6. The predicted molar refractivity (Wildman–Crippen MR) is 69.3 cm³/mol. The van der Waals surface area contributed by atoms with E-state index in [9.17, 15) is 4.79 Å². The molecule has 0 bridgehead atoms. The van der Waals surface area contributed by atoms with Crippen molar-refractivity contribution in [1.82, 2.24) is 0 Å². The van der Waals surface area contributed by atoms with E-state index in [1.54, 1.807) is 13.0 Å². The van der Waals surface area contributed by atoms with E-state index in [2.05, 4.69) is 0 Å². The third-order valence-electron chi connectivity index (χ3n) is 4.17. The molecule has 4 nitrogen and oxygen atoms in total. The van der Waals surface area contributed by atoms with E-state index in [0.29, 0.717) is 12.2 Å². The maximum atomic E-state index is 11.8. The number of ether oxygens (including phenoxy) is 3. The van der Waals surface area contributed by atoms with E-state index >= 15 is 0 Å². The molecule has 0 aromatic heterocycles. The number of fused-ring (bicyclic) bond motifs is 3. The van der Waals surface area contributed by atoms with Crippen molar-refractivity contribution >= 4 is 5.97 Å². The molecule has 0 N–H and O–H groups in total. The van der Waals surface area contributed by atoms with Crippen LogP contribution in [0.5, 0.6) is 5.75 Å². The van der Waals surface area contributed by atoms with Crippen LogP contribution in [0, 0.1) is 0 Å². The van der Waals surface area contributed by atoms with Crippen molar-refractivity contribution in [1.29, 1.82) is 0 Å². The van der Waals surface area contributed by atoms with E-state index < -0.39 is 0 Å². The topological polar surface area (TPSA) is 48.1 Å². The molecular formula is C15H18O4.